The van der Waals surface area contributed by atoms with E-state index in [-0.39, 0.29) is 35.7 Å². The number of allylic oxidation sites excluding steroid dienone is 1. The van der Waals surface area contributed by atoms with Gasteiger partial charge in [0.25, 0.3) is 6.47 Å². The van der Waals surface area contributed by atoms with E-state index in [0.29, 0.717) is 43.7 Å². The van der Waals surface area contributed by atoms with Crippen LogP contribution in [0.4, 0.5) is 8.78 Å². The van der Waals surface area contributed by atoms with Crippen molar-refractivity contribution < 1.29 is 33.0 Å². The number of unbranched alkanes of at least 4 members (excludes halogenated alkanes) is 2. The number of methoxy groups -OCH3 is 1. The van der Waals surface area contributed by atoms with Crippen LogP contribution in [0.1, 0.15) is 138 Å². The van der Waals surface area contributed by atoms with E-state index in [0.717, 1.165) is 106 Å². The monoisotopic (exact) mass is 696 g/mol. The number of benzene rings is 2. The van der Waals surface area contributed by atoms with Gasteiger partial charge in [-0.25, -0.2) is 8.78 Å². The molecule has 2 fully saturated rings. The van der Waals surface area contributed by atoms with Gasteiger partial charge in [0.1, 0.15) is 17.9 Å². The fourth-order valence-corrected chi connectivity index (χ4v) is 7.29. The molecule has 1 N–H and O–H groups in total. The second kappa shape index (κ2) is 24.1. The van der Waals surface area contributed by atoms with Crippen molar-refractivity contribution in [3.05, 3.63) is 94.6 Å². The van der Waals surface area contributed by atoms with Crippen LogP contribution in [-0.2, 0) is 25.5 Å². The molecular formula is C43H62F2O5. The Labute approximate surface area is 300 Å². The van der Waals surface area contributed by atoms with Crippen LogP contribution in [0.5, 0.6) is 0 Å². The number of halogens is 2. The Morgan fingerprint density at radius 1 is 0.860 bits per heavy atom. The summed E-state index contributed by atoms with van der Waals surface area (Å²) in [5.41, 5.74) is 5.30. The average Bonchev–Trinajstić information content (AvgIpc) is 3.11. The summed E-state index contributed by atoms with van der Waals surface area (Å²) in [5, 5.41) is 8.00. The molecule has 2 aliphatic rings. The lowest BCUT2D eigenvalue weighted by Gasteiger charge is -2.32. The van der Waals surface area contributed by atoms with E-state index in [4.69, 9.17) is 14.6 Å². The number of aliphatic hydroxyl groups excluding tert-OH is 1. The molecule has 0 heterocycles. The maximum absolute atomic E-state index is 15.4. The maximum Gasteiger partial charge on any atom is 0.293 e. The molecule has 2 aromatic rings. The van der Waals surface area contributed by atoms with Crippen molar-refractivity contribution in [1.29, 1.82) is 0 Å². The van der Waals surface area contributed by atoms with Crippen molar-refractivity contribution in [2.45, 2.75) is 122 Å². The Hall–Kier alpha value is -3.16. The van der Waals surface area contributed by atoms with Crippen molar-refractivity contribution >= 4 is 12.8 Å². The van der Waals surface area contributed by atoms with Gasteiger partial charge in [-0.3, -0.25) is 9.59 Å². The van der Waals surface area contributed by atoms with Gasteiger partial charge in [-0.15, -0.1) is 6.58 Å². The maximum atomic E-state index is 15.4. The lowest BCUT2D eigenvalue weighted by molar-refractivity contribution is -0.130. The highest BCUT2D eigenvalue weighted by Crippen LogP contribution is 2.43. The van der Waals surface area contributed by atoms with Gasteiger partial charge in [-0.1, -0.05) is 56.2 Å². The predicted molar refractivity (Wildman–Crippen MR) is 199 cm³/mol. The fourth-order valence-electron chi connectivity index (χ4n) is 7.29. The number of hydrogen-bond donors (Lipinski definition) is 1. The molecule has 2 aliphatic carbocycles. The third-order valence-electron chi connectivity index (χ3n) is 9.95. The molecule has 2 saturated carbocycles. The molecular weight excluding hydrogens is 634 g/mol. The number of ether oxygens (including phenoxy) is 2. The quantitative estimate of drug-likeness (QED) is 0.0819. The lowest BCUT2D eigenvalue weighted by Crippen LogP contribution is -2.22. The first-order chi connectivity index (χ1) is 24.1. The Balaban J connectivity index is 0.000000761. The molecule has 1 unspecified atom stereocenters. The summed E-state index contributed by atoms with van der Waals surface area (Å²) < 4.78 is 40.4. The Morgan fingerprint density at radius 3 is 1.90 bits per heavy atom. The first-order valence-electron chi connectivity index (χ1n) is 18.5. The number of aryl methyl sites for hydroxylation is 1. The van der Waals surface area contributed by atoms with E-state index in [1.165, 1.54) is 5.57 Å². The average molecular weight is 697 g/mol. The highest BCUT2D eigenvalue weighted by Gasteiger charge is 2.28. The summed E-state index contributed by atoms with van der Waals surface area (Å²) in [6, 6.07) is 11.9. The Bertz CT molecular complexity index is 1300. The summed E-state index contributed by atoms with van der Waals surface area (Å²) in [4.78, 5) is 20.1. The van der Waals surface area contributed by atoms with Crippen LogP contribution in [0.15, 0.2) is 60.7 Å². The van der Waals surface area contributed by atoms with E-state index >= 15 is 4.39 Å². The molecule has 0 aromatic heterocycles. The summed E-state index contributed by atoms with van der Waals surface area (Å²) >= 11 is 0. The minimum Gasteiger partial charge on any atom is -0.468 e. The van der Waals surface area contributed by atoms with Crippen molar-refractivity contribution in [3.8, 4) is 0 Å². The normalized spacial score (nSPS) is 20.6. The molecule has 0 aliphatic heterocycles. The highest BCUT2D eigenvalue weighted by molar-refractivity contribution is 5.72. The molecule has 0 spiro atoms. The molecule has 5 nitrogen and oxygen atoms in total. The lowest BCUT2D eigenvalue weighted by atomic mass is 9.74. The molecule has 0 bridgehead atoms. The summed E-state index contributed by atoms with van der Waals surface area (Å²) in [5.74, 6) is 1.72. The molecule has 0 radical (unpaired) electrons. The van der Waals surface area contributed by atoms with E-state index < -0.39 is 0 Å². The molecule has 0 amide bonds. The minimum absolute atomic E-state index is 0.0586. The van der Waals surface area contributed by atoms with Gasteiger partial charge in [0.15, 0.2) is 0 Å². The molecule has 278 valence electrons. The van der Waals surface area contributed by atoms with Crippen molar-refractivity contribution in [3.63, 3.8) is 0 Å². The Morgan fingerprint density at radius 2 is 1.42 bits per heavy atom. The van der Waals surface area contributed by atoms with Gasteiger partial charge in [-0.05, 0) is 143 Å². The SMILES string of the molecule is C=C(C)C.C=C(C=O)CO.CCCCCc1ccc(C2CCC(c3ccc(C4CCC(CC(COC)COC=O)CC4)cc3F)CC2)cc1F. The van der Waals surface area contributed by atoms with Crippen LogP contribution < -0.4 is 0 Å². The summed E-state index contributed by atoms with van der Waals surface area (Å²) in [7, 11) is 1.68. The van der Waals surface area contributed by atoms with Crippen LogP contribution >= 0.6 is 0 Å². The van der Waals surface area contributed by atoms with Gasteiger partial charge in [-0.2, -0.15) is 0 Å². The van der Waals surface area contributed by atoms with E-state index in [2.05, 4.69) is 32.2 Å². The van der Waals surface area contributed by atoms with E-state index in [9.17, 15) is 14.0 Å². The van der Waals surface area contributed by atoms with E-state index in [1.54, 1.807) is 19.2 Å². The number of rotatable bonds is 16. The van der Waals surface area contributed by atoms with Gasteiger partial charge < -0.3 is 14.6 Å². The molecule has 2 aromatic carbocycles. The summed E-state index contributed by atoms with van der Waals surface area (Å²) in [6.07, 6.45) is 13.9. The molecule has 1 atom stereocenters. The zero-order valence-electron chi connectivity index (χ0n) is 31.1. The Kier molecular flexibility index (Phi) is 20.7. The van der Waals surface area contributed by atoms with Crippen molar-refractivity contribution in [2.75, 3.05) is 26.9 Å². The fraction of sp³-hybridized carbons (Fsp3) is 0.581. The number of aliphatic hydroxyl groups is 1. The minimum atomic E-state index is -0.233. The molecule has 50 heavy (non-hydrogen) atoms. The van der Waals surface area contributed by atoms with Crippen molar-refractivity contribution in [2.24, 2.45) is 11.8 Å². The topological polar surface area (TPSA) is 72.8 Å². The molecule has 7 heteroatoms. The van der Waals surface area contributed by atoms with Gasteiger partial charge >= 0.3 is 0 Å². The zero-order chi connectivity index (χ0) is 36.9. The largest absolute Gasteiger partial charge is 0.468 e. The molecule has 0 saturated heterocycles. The number of aldehydes is 1. The third kappa shape index (κ3) is 15.4. The molecule has 4 rings (SSSR count). The van der Waals surface area contributed by atoms with Gasteiger partial charge in [0.2, 0.25) is 0 Å². The number of carbonyl (C=O) groups excluding carboxylic acids is 2. The highest BCUT2D eigenvalue weighted by atomic mass is 19.1. The van der Waals surface area contributed by atoms with Crippen molar-refractivity contribution in [1.82, 2.24) is 0 Å². The smallest absolute Gasteiger partial charge is 0.293 e. The number of carbonyl (C=O) groups is 2. The van der Waals surface area contributed by atoms with Crippen LogP contribution in [0.3, 0.4) is 0 Å². The van der Waals surface area contributed by atoms with Crippen LogP contribution in [0.2, 0.25) is 0 Å². The predicted octanol–water partition coefficient (Wildman–Crippen LogP) is 10.6. The number of hydrogen-bond acceptors (Lipinski definition) is 5. The first-order valence-corrected chi connectivity index (χ1v) is 18.5. The van der Waals surface area contributed by atoms with Crippen LogP contribution in [-0.4, -0.2) is 44.8 Å². The van der Waals surface area contributed by atoms with Crippen LogP contribution in [0.25, 0.3) is 0 Å². The standard InChI is InChI=1S/C35H48F2O3.C4H6O2.C4H8/c1-3-4-5-6-30-15-16-31(20-34(30)36)28-11-13-29(14-12-28)33-18-17-32(21-35(33)37)27-9-7-25(8-10-27)19-26(22-39-2)23-40-24-38;1-4(2-5)3-6;1-4(2)3/h15-18,20-21,24-29H,3-14,19,22-23H2,1-2H3;2,6H,1,3H2;1H2,2-3H3. The third-order valence-corrected chi connectivity index (χ3v) is 9.95. The second-order valence-corrected chi connectivity index (χ2v) is 14.5. The second-order valence-electron chi connectivity index (χ2n) is 14.5. The van der Waals surface area contributed by atoms with Crippen LogP contribution in [0, 0.1) is 23.5 Å². The summed E-state index contributed by atoms with van der Waals surface area (Å²) in [6.45, 7) is 14.1. The zero-order valence-corrected chi connectivity index (χ0v) is 31.1. The van der Waals surface area contributed by atoms with Gasteiger partial charge in [0, 0.05) is 18.6 Å². The first kappa shape index (κ1) is 43.0. The van der Waals surface area contributed by atoms with Gasteiger partial charge in [0.05, 0.1) is 19.8 Å². The van der Waals surface area contributed by atoms with E-state index in [1.807, 2.05) is 26.0 Å².